The zero-order chi connectivity index (χ0) is 14.4. The lowest BCUT2D eigenvalue weighted by atomic mass is 9.92. The van der Waals surface area contributed by atoms with E-state index in [9.17, 15) is 14.4 Å². The van der Waals surface area contributed by atoms with Gasteiger partial charge in [0.15, 0.2) is 0 Å². The number of amides is 2. The number of rotatable bonds is 6. The van der Waals surface area contributed by atoms with Gasteiger partial charge in [0.25, 0.3) is 0 Å². The Kier molecular flexibility index (Phi) is 5.75. The summed E-state index contributed by atoms with van der Waals surface area (Å²) in [6, 6.07) is -1.44. The fraction of sp³-hybridized carbons (Fsp3) is 0.750. The maximum absolute atomic E-state index is 12.0. The molecule has 1 aliphatic heterocycles. The van der Waals surface area contributed by atoms with Crippen LogP contribution in [0.5, 0.6) is 0 Å². The number of piperidine rings is 1. The van der Waals surface area contributed by atoms with Crippen molar-refractivity contribution >= 4 is 17.8 Å². The zero-order valence-corrected chi connectivity index (χ0v) is 11.0. The minimum absolute atomic E-state index is 0.0114. The molecule has 0 aromatic heterocycles. The molecule has 19 heavy (non-hydrogen) atoms. The first kappa shape index (κ1) is 15.4. The molecule has 1 saturated heterocycles. The Morgan fingerprint density at radius 2 is 2.16 bits per heavy atom. The standard InChI is InChI=1S/C12H21N3O4/c1-7-3-2-6-14-10(7)11(17)15-8(12(18)19)4-5-9(13)16/h7-8,10,14H,2-6H2,1H3,(H2,13,16)(H,15,17)(H,18,19)/t7?,8-,10?/m1/s1. The van der Waals surface area contributed by atoms with E-state index in [1.54, 1.807) is 0 Å². The summed E-state index contributed by atoms with van der Waals surface area (Å²) >= 11 is 0. The van der Waals surface area contributed by atoms with Gasteiger partial charge < -0.3 is 21.5 Å². The van der Waals surface area contributed by atoms with Gasteiger partial charge in [-0.25, -0.2) is 4.79 Å². The van der Waals surface area contributed by atoms with Crippen LogP contribution in [0.1, 0.15) is 32.6 Å². The summed E-state index contributed by atoms with van der Waals surface area (Å²) in [6.07, 6.45) is 1.89. The monoisotopic (exact) mass is 271 g/mol. The van der Waals surface area contributed by atoms with Crippen LogP contribution in [-0.4, -0.2) is 41.5 Å². The summed E-state index contributed by atoms with van der Waals surface area (Å²) in [5, 5.41) is 14.6. The number of carbonyl (C=O) groups is 3. The number of nitrogens with one attached hydrogen (secondary N) is 2. The fourth-order valence-corrected chi connectivity index (χ4v) is 2.21. The van der Waals surface area contributed by atoms with Crippen LogP contribution >= 0.6 is 0 Å². The third-order valence-corrected chi connectivity index (χ3v) is 3.35. The third kappa shape index (κ3) is 4.86. The molecule has 0 spiro atoms. The highest BCUT2D eigenvalue weighted by molar-refractivity contribution is 5.87. The van der Waals surface area contributed by atoms with Crippen molar-refractivity contribution < 1.29 is 19.5 Å². The normalized spacial score (nSPS) is 24.5. The zero-order valence-electron chi connectivity index (χ0n) is 11.0. The van der Waals surface area contributed by atoms with Crippen LogP contribution in [0.15, 0.2) is 0 Å². The Bertz CT molecular complexity index is 359. The van der Waals surface area contributed by atoms with E-state index in [2.05, 4.69) is 10.6 Å². The van der Waals surface area contributed by atoms with E-state index in [0.29, 0.717) is 0 Å². The van der Waals surface area contributed by atoms with E-state index in [0.717, 1.165) is 19.4 Å². The molecule has 1 aliphatic rings. The Morgan fingerprint density at radius 1 is 1.47 bits per heavy atom. The number of hydrogen-bond acceptors (Lipinski definition) is 4. The molecule has 2 amide bonds. The number of hydrogen-bond donors (Lipinski definition) is 4. The van der Waals surface area contributed by atoms with Crippen LogP contribution in [0, 0.1) is 5.92 Å². The average molecular weight is 271 g/mol. The molecule has 7 heteroatoms. The van der Waals surface area contributed by atoms with Crippen molar-refractivity contribution in [2.75, 3.05) is 6.54 Å². The van der Waals surface area contributed by atoms with Crippen LogP contribution in [0.2, 0.25) is 0 Å². The quantitative estimate of drug-likeness (QED) is 0.504. The molecule has 2 unspecified atom stereocenters. The van der Waals surface area contributed by atoms with Crippen molar-refractivity contribution in [2.24, 2.45) is 11.7 Å². The molecule has 0 bridgehead atoms. The SMILES string of the molecule is CC1CCCNC1C(=O)N[C@H](CCC(N)=O)C(=O)O. The minimum atomic E-state index is -1.15. The number of carboxylic acids is 1. The van der Waals surface area contributed by atoms with Gasteiger partial charge in [-0.15, -0.1) is 0 Å². The Hall–Kier alpha value is -1.63. The van der Waals surface area contributed by atoms with Gasteiger partial charge in [-0.3, -0.25) is 9.59 Å². The molecule has 3 atom stereocenters. The van der Waals surface area contributed by atoms with Gasteiger partial charge in [-0.2, -0.15) is 0 Å². The third-order valence-electron chi connectivity index (χ3n) is 3.35. The Balaban J connectivity index is 2.55. The molecule has 7 nitrogen and oxygen atoms in total. The number of aliphatic carboxylic acids is 1. The van der Waals surface area contributed by atoms with E-state index in [4.69, 9.17) is 10.8 Å². The Labute approximate surface area is 111 Å². The van der Waals surface area contributed by atoms with Crippen LogP contribution in [0.25, 0.3) is 0 Å². The van der Waals surface area contributed by atoms with Crippen LogP contribution in [0.4, 0.5) is 0 Å². The van der Waals surface area contributed by atoms with E-state index in [-0.39, 0.29) is 30.7 Å². The van der Waals surface area contributed by atoms with Crippen molar-refractivity contribution in [3.05, 3.63) is 0 Å². The maximum Gasteiger partial charge on any atom is 0.326 e. The van der Waals surface area contributed by atoms with E-state index in [1.807, 2.05) is 6.92 Å². The van der Waals surface area contributed by atoms with Crippen LogP contribution < -0.4 is 16.4 Å². The second kappa shape index (κ2) is 7.08. The van der Waals surface area contributed by atoms with Crippen molar-refractivity contribution in [3.63, 3.8) is 0 Å². The highest BCUT2D eigenvalue weighted by Crippen LogP contribution is 2.15. The first-order chi connectivity index (χ1) is 8.91. The van der Waals surface area contributed by atoms with Gasteiger partial charge in [0, 0.05) is 6.42 Å². The number of carbonyl (C=O) groups excluding carboxylic acids is 2. The fourth-order valence-electron chi connectivity index (χ4n) is 2.21. The average Bonchev–Trinajstić information content (AvgIpc) is 2.34. The molecule has 0 saturated carbocycles. The molecular weight excluding hydrogens is 250 g/mol. The van der Waals surface area contributed by atoms with Gasteiger partial charge in [-0.05, 0) is 31.7 Å². The first-order valence-corrected chi connectivity index (χ1v) is 6.46. The molecule has 5 N–H and O–H groups in total. The summed E-state index contributed by atoms with van der Waals surface area (Å²) in [4.78, 5) is 33.7. The van der Waals surface area contributed by atoms with Crippen molar-refractivity contribution in [3.8, 4) is 0 Å². The molecule has 0 radical (unpaired) electrons. The minimum Gasteiger partial charge on any atom is -0.480 e. The summed E-state index contributed by atoms with van der Waals surface area (Å²) in [6.45, 7) is 2.71. The molecule has 108 valence electrons. The van der Waals surface area contributed by atoms with Crippen molar-refractivity contribution in [2.45, 2.75) is 44.7 Å². The number of primary amides is 1. The van der Waals surface area contributed by atoms with Crippen molar-refractivity contribution in [1.29, 1.82) is 0 Å². The lowest BCUT2D eigenvalue weighted by molar-refractivity contribution is -0.142. The molecule has 1 heterocycles. The second-order valence-corrected chi connectivity index (χ2v) is 4.96. The molecule has 1 fully saturated rings. The second-order valence-electron chi connectivity index (χ2n) is 4.96. The van der Waals surface area contributed by atoms with E-state index < -0.39 is 17.9 Å². The van der Waals surface area contributed by atoms with Gasteiger partial charge in [0.05, 0.1) is 6.04 Å². The number of carboxylic acid groups (broad SMARTS) is 1. The molecular formula is C12H21N3O4. The van der Waals surface area contributed by atoms with Crippen LogP contribution in [-0.2, 0) is 14.4 Å². The van der Waals surface area contributed by atoms with Gasteiger partial charge in [0.1, 0.15) is 6.04 Å². The summed E-state index contributed by atoms with van der Waals surface area (Å²) in [5.41, 5.74) is 4.98. The number of nitrogens with two attached hydrogens (primary N) is 1. The molecule has 0 aromatic carbocycles. The van der Waals surface area contributed by atoms with Crippen molar-refractivity contribution in [1.82, 2.24) is 10.6 Å². The predicted octanol–water partition coefficient (Wildman–Crippen LogP) is -0.791. The largest absolute Gasteiger partial charge is 0.480 e. The molecule has 1 rings (SSSR count). The smallest absolute Gasteiger partial charge is 0.326 e. The highest BCUT2D eigenvalue weighted by atomic mass is 16.4. The Morgan fingerprint density at radius 3 is 2.68 bits per heavy atom. The van der Waals surface area contributed by atoms with Crippen LogP contribution in [0.3, 0.4) is 0 Å². The summed E-state index contributed by atoms with van der Waals surface area (Å²) < 4.78 is 0. The maximum atomic E-state index is 12.0. The van der Waals surface area contributed by atoms with Gasteiger partial charge in [0.2, 0.25) is 11.8 Å². The lowest BCUT2D eigenvalue weighted by Crippen LogP contribution is -2.54. The van der Waals surface area contributed by atoms with E-state index in [1.165, 1.54) is 0 Å². The topological polar surface area (TPSA) is 122 Å². The molecule has 0 aliphatic carbocycles. The molecule has 0 aromatic rings. The predicted molar refractivity (Wildman–Crippen MR) is 68.2 cm³/mol. The lowest BCUT2D eigenvalue weighted by Gasteiger charge is -2.30. The first-order valence-electron chi connectivity index (χ1n) is 6.46. The summed E-state index contributed by atoms with van der Waals surface area (Å²) in [5.74, 6) is -1.90. The summed E-state index contributed by atoms with van der Waals surface area (Å²) in [7, 11) is 0. The van der Waals surface area contributed by atoms with Gasteiger partial charge >= 0.3 is 5.97 Å². The highest BCUT2D eigenvalue weighted by Gasteiger charge is 2.30. The van der Waals surface area contributed by atoms with E-state index >= 15 is 0 Å². The van der Waals surface area contributed by atoms with Gasteiger partial charge in [-0.1, -0.05) is 6.92 Å².